The van der Waals surface area contributed by atoms with Crippen LogP contribution in [0.5, 0.6) is 0 Å². The molecule has 0 aromatic carbocycles. The Morgan fingerprint density at radius 3 is 1.84 bits per heavy atom. The van der Waals surface area contributed by atoms with Gasteiger partial charge in [-0.25, -0.2) is 8.42 Å². The topological polar surface area (TPSA) is 69.6 Å². The van der Waals surface area contributed by atoms with Gasteiger partial charge >= 0.3 is 18.0 Å². The number of hydrogen-bond acceptors (Lipinski definition) is 3. The molecule has 0 N–H and O–H groups in total. The Balaban J connectivity index is 5.63. The van der Waals surface area contributed by atoms with Crippen LogP contribution in [0.1, 0.15) is 13.3 Å². The number of nitrogens with zero attached hydrogens (tertiary/aromatic N) is 1. The van der Waals surface area contributed by atoms with E-state index in [1.807, 2.05) is 0 Å². The second-order valence-electron chi connectivity index (χ2n) is 3.33. The maximum atomic E-state index is 12.7. The molecule has 12 heteroatoms. The predicted molar refractivity (Wildman–Crippen MR) is 47.5 cm³/mol. The minimum atomic E-state index is -6.73. The molecule has 0 saturated heterocycles. The molecule has 0 heterocycles. The highest BCUT2D eigenvalue weighted by molar-refractivity contribution is 7.90. The standard InChI is InChI=1S/C7H8F7NO3S/c1-2-3-19(17,18)15-4(16)5(8,9)6(10,11)7(12,13)14/h2-3H2,1H3,(H,15,16)/p-1. The first-order chi connectivity index (χ1) is 8.19. The van der Waals surface area contributed by atoms with Crippen LogP contribution in [0.2, 0.25) is 0 Å². The van der Waals surface area contributed by atoms with Gasteiger partial charge in [-0.15, -0.1) is 0 Å². The Morgan fingerprint density at radius 2 is 1.53 bits per heavy atom. The highest BCUT2D eigenvalue weighted by Crippen LogP contribution is 2.46. The first-order valence-electron chi connectivity index (χ1n) is 4.51. The summed E-state index contributed by atoms with van der Waals surface area (Å²) >= 11 is 0. The van der Waals surface area contributed by atoms with E-state index in [1.54, 1.807) is 4.40 Å². The average Bonchev–Trinajstić information content (AvgIpc) is 2.14. The van der Waals surface area contributed by atoms with Crippen LogP contribution >= 0.6 is 0 Å². The molecule has 0 aliphatic heterocycles. The molecule has 0 atom stereocenters. The molecule has 0 radical (unpaired) electrons. The van der Waals surface area contributed by atoms with Gasteiger partial charge in [0.1, 0.15) is 0 Å². The van der Waals surface area contributed by atoms with Gasteiger partial charge in [-0.3, -0.25) is 0 Å². The molecule has 0 aromatic rings. The van der Waals surface area contributed by atoms with Crippen molar-refractivity contribution in [3.63, 3.8) is 0 Å². The third-order valence-electron chi connectivity index (χ3n) is 1.70. The molecule has 114 valence electrons. The van der Waals surface area contributed by atoms with E-state index in [-0.39, 0.29) is 6.42 Å². The minimum absolute atomic E-state index is 0.194. The fourth-order valence-corrected chi connectivity index (χ4v) is 1.77. The van der Waals surface area contributed by atoms with Gasteiger partial charge in [0.25, 0.3) is 10.0 Å². The van der Waals surface area contributed by atoms with Crippen molar-refractivity contribution in [2.24, 2.45) is 4.40 Å². The molecule has 0 amide bonds. The molecule has 0 rings (SSSR count). The second kappa shape index (κ2) is 5.13. The number of sulfonamides is 1. The molecule has 0 saturated carbocycles. The van der Waals surface area contributed by atoms with Crippen LogP contribution in [-0.2, 0) is 10.0 Å². The van der Waals surface area contributed by atoms with Crippen molar-refractivity contribution in [1.29, 1.82) is 0 Å². The molecule has 0 unspecified atom stereocenters. The summed E-state index contributed by atoms with van der Waals surface area (Å²) in [6.07, 6.45) is -6.92. The molecular formula is C7H7F7NO3S-. The number of rotatable bonds is 5. The first kappa shape index (κ1) is 17.9. The van der Waals surface area contributed by atoms with Crippen molar-refractivity contribution in [3.05, 3.63) is 0 Å². The van der Waals surface area contributed by atoms with Gasteiger partial charge in [-0.1, -0.05) is 6.92 Å². The molecule has 0 aliphatic carbocycles. The number of halogens is 7. The Bertz CT molecular complexity index is 454. The Hall–Kier alpha value is -1.07. The predicted octanol–water partition coefficient (Wildman–Crippen LogP) is 1.32. The van der Waals surface area contributed by atoms with Gasteiger partial charge in [0.2, 0.25) is 0 Å². The van der Waals surface area contributed by atoms with E-state index < -0.39 is 39.7 Å². The molecule has 0 bridgehead atoms. The van der Waals surface area contributed by atoms with E-state index in [1.165, 1.54) is 6.92 Å². The van der Waals surface area contributed by atoms with E-state index in [0.717, 1.165) is 0 Å². The number of alkyl halides is 7. The highest BCUT2D eigenvalue weighted by atomic mass is 32.2. The van der Waals surface area contributed by atoms with Crippen LogP contribution in [0.25, 0.3) is 0 Å². The largest absolute Gasteiger partial charge is 0.857 e. The minimum Gasteiger partial charge on any atom is -0.857 e. The monoisotopic (exact) mass is 318 g/mol. The molecule has 0 fully saturated rings. The van der Waals surface area contributed by atoms with E-state index in [9.17, 15) is 44.3 Å². The van der Waals surface area contributed by atoms with Crippen LogP contribution in [0, 0.1) is 0 Å². The average molecular weight is 318 g/mol. The molecular weight excluding hydrogens is 311 g/mol. The molecule has 4 nitrogen and oxygen atoms in total. The lowest BCUT2D eigenvalue weighted by Crippen LogP contribution is -2.59. The van der Waals surface area contributed by atoms with Gasteiger partial charge in [0, 0.05) is 0 Å². The summed E-state index contributed by atoms with van der Waals surface area (Å²) in [4.78, 5) is 0. The van der Waals surface area contributed by atoms with Gasteiger partial charge in [0.15, 0.2) is 0 Å². The zero-order valence-corrected chi connectivity index (χ0v) is 9.96. The Labute approximate surface area is 103 Å². The van der Waals surface area contributed by atoms with Gasteiger partial charge < -0.3 is 5.11 Å². The van der Waals surface area contributed by atoms with E-state index in [0.29, 0.717) is 0 Å². The van der Waals surface area contributed by atoms with Gasteiger partial charge in [-0.2, -0.15) is 35.1 Å². The summed E-state index contributed by atoms with van der Waals surface area (Å²) in [7, 11) is -4.83. The zero-order chi connectivity index (χ0) is 15.7. The SMILES string of the molecule is CCCS(=O)(=O)N=C([O-])C(F)(F)C(F)(F)C(F)(F)F. The van der Waals surface area contributed by atoms with Crippen LogP contribution in [0.4, 0.5) is 30.7 Å². The smallest absolute Gasteiger partial charge is 0.460 e. The lowest BCUT2D eigenvalue weighted by atomic mass is 10.1. The first-order valence-corrected chi connectivity index (χ1v) is 6.12. The quantitative estimate of drug-likeness (QED) is 0.436. The fraction of sp³-hybridized carbons (Fsp3) is 0.857. The summed E-state index contributed by atoms with van der Waals surface area (Å²) in [5, 5.41) is 10.6. The molecule has 19 heavy (non-hydrogen) atoms. The zero-order valence-electron chi connectivity index (χ0n) is 9.14. The molecule has 0 aliphatic rings. The van der Waals surface area contributed by atoms with Crippen LogP contribution in [-0.4, -0.2) is 38.1 Å². The summed E-state index contributed by atoms with van der Waals surface area (Å²) in [6, 6.07) is 0. The van der Waals surface area contributed by atoms with Crippen molar-refractivity contribution in [3.8, 4) is 0 Å². The van der Waals surface area contributed by atoms with Gasteiger partial charge in [0.05, 0.1) is 11.7 Å². The normalized spacial score (nSPS) is 15.7. The van der Waals surface area contributed by atoms with Crippen molar-refractivity contribution in [2.75, 3.05) is 5.75 Å². The second-order valence-corrected chi connectivity index (χ2v) is 5.08. The molecule has 0 aromatic heterocycles. The summed E-state index contributed by atoms with van der Waals surface area (Å²) in [5.74, 6) is -17.3. The van der Waals surface area contributed by atoms with Crippen molar-refractivity contribution in [2.45, 2.75) is 31.4 Å². The van der Waals surface area contributed by atoms with Crippen molar-refractivity contribution >= 4 is 15.9 Å². The third-order valence-corrected chi connectivity index (χ3v) is 3.07. The van der Waals surface area contributed by atoms with Crippen LogP contribution in [0.3, 0.4) is 0 Å². The molecule has 0 spiro atoms. The highest BCUT2D eigenvalue weighted by Gasteiger charge is 2.73. The fourth-order valence-electron chi connectivity index (χ4n) is 0.800. The summed E-state index contributed by atoms with van der Waals surface area (Å²) < 4.78 is 109. The van der Waals surface area contributed by atoms with Crippen LogP contribution in [0.15, 0.2) is 4.40 Å². The Kier molecular flexibility index (Phi) is 4.84. The Morgan fingerprint density at radius 1 is 1.11 bits per heavy atom. The summed E-state index contributed by atoms with van der Waals surface area (Å²) in [6.45, 7) is 1.24. The van der Waals surface area contributed by atoms with Gasteiger partial charge in [-0.05, 0) is 6.42 Å². The van der Waals surface area contributed by atoms with E-state index in [4.69, 9.17) is 0 Å². The van der Waals surface area contributed by atoms with E-state index >= 15 is 0 Å². The maximum Gasteiger partial charge on any atom is 0.460 e. The van der Waals surface area contributed by atoms with Crippen LogP contribution < -0.4 is 5.11 Å². The van der Waals surface area contributed by atoms with Crippen molar-refractivity contribution in [1.82, 2.24) is 0 Å². The third kappa shape index (κ3) is 3.70. The number of hydrogen-bond donors (Lipinski definition) is 0. The summed E-state index contributed by atoms with van der Waals surface area (Å²) in [5.41, 5.74) is 0. The van der Waals surface area contributed by atoms with E-state index in [2.05, 4.69) is 0 Å². The lowest BCUT2D eigenvalue weighted by molar-refractivity contribution is -0.357. The lowest BCUT2D eigenvalue weighted by Gasteiger charge is -2.31. The maximum absolute atomic E-state index is 12.7. The van der Waals surface area contributed by atoms with Crippen molar-refractivity contribution < 1.29 is 44.3 Å².